The van der Waals surface area contributed by atoms with Gasteiger partial charge in [-0.2, -0.15) is 5.10 Å². The largest absolute Gasteiger partial charge is 0.497 e. The maximum absolute atomic E-state index is 13.3. The van der Waals surface area contributed by atoms with Crippen molar-refractivity contribution in [2.45, 2.75) is 18.4 Å². The highest BCUT2D eigenvalue weighted by molar-refractivity contribution is 5.31. The summed E-state index contributed by atoms with van der Waals surface area (Å²) in [6.07, 6.45) is 1.79. The molecule has 1 aromatic heterocycles. The molecule has 0 amide bonds. The Labute approximate surface area is 152 Å². The fourth-order valence-corrected chi connectivity index (χ4v) is 3.88. The number of aromatic amines is 1. The predicted octanol–water partition coefficient (Wildman–Crippen LogP) is 3.94. The summed E-state index contributed by atoms with van der Waals surface area (Å²) in [5, 5.41) is 7.24. The molecule has 0 unspecified atom stereocenters. The molecule has 4 nitrogen and oxygen atoms in total. The Hall–Kier alpha value is -2.66. The van der Waals surface area contributed by atoms with Gasteiger partial charge in [-0.15, -0.1) is 0 Å². The Kier molecular flexibility index (Phi) is 4.71. The molecule has 1 aliphatic heterocycles. The summed E-state index contributed by atoms with van der Waals surface area (Å²) < 4.78 is 18.7. The molecule has 2 atom stereocenters. The first-order valence-corrected chi connectivity index (χ1v) is 8.83. The van der Waals surface area contributed by atoms with Crippen LogP contribution in [0.2, 0.25) is 0 Å². The SMILES string of the molecule is COc1cccc(CN2C[C@@H](c3ccc(F)cc3)[C@H](c3ccn[nH]3)C2)c1. The number of likely N-dealkylation sites (tertiary alicyclic amines) is 1. The molecule has 0 aliphatic carbocycles. The third-order valence-electron chi connectivity index (χ3n) is 5.16. The normalized spacial score (nSPS) is 20.4. The van der Waals surface area contributed by atoms with Gasteiger partial charge in [-0.3, -0.25) is 10.00 Å². The van der Waals surface area contributed by atoms with Crippen LogP contribution in [-0.2, 0) is 6.54 Å². The van der Waals surface area contributed by atoms with Crippen molar-refractivity contribution in [2.75, 3.05) is 20.2 Å². The zero-order valence-electron chi connectivity index (χ0n) is 14.7. The zero-order valence-corrected chi connectivity index (χ0v) is 14.7. The molecular weight excluding hydrogens is 329 g/mol. The van der Waals surface area contributed by atoms with Crippen LogP contribution in [0, 0.1) is 5.82 Å². The Morgan fingerprint density at radius 3 is 2.65 bits per heavy atom. The second kappa shape index (κ2) is 7.30. The first-order chi connectivity index (χ1) is 12.7. The number of hydrogen-bond acceptors (Lipinski definition) is 3. The van der Waals surface area contributed by atoms with Gasteiger partial charge >= 0.3 is 0 Å². The van der Waals surface area contributed by atoms with Gasteiger partial charge in [0.1, 0.15) is 11.6 Å². The number of aromatic nitrogens is 2. The van der Waals surface area contributed by atoms with E-state index in [0.717, 1.165) is 31.1 Å². The predicted molar refractivity (Wildman–Crippen MR) is 98.7 cm³/mol. The molecule has 0 radical (unpaired) electrons. The zero-order chi connectivity index (χ0) is 17.9. The number of hydrogen-bond donors (Lipinski definition) is 1. The van der Waals surface area contributed by atoms with Gasteiger partial charge in [-0.25, -0.2) is 4.39 Å². The monoisotopic (exact) mass is 351 g/mol. The first kappa shape index (κ1) is 16.8. The van der Waals surface area contributed by atoms with Crippen molar-refractivity contribution in [3.8, 4) is 5.75 Å². The van der Waals surface area contributed by atoms with Gasteiger partial charge in [0.05, 0.1) is 7.11 Å². The summed E-state index contributed by atoms with van der Waals surface area (Å²) in [7, 11) is 1.69. The molecule has 4 rings (SSSR count). The minimum atomic E-state index is -0.196. The highest BCUT2D eigenvalue weighted by Crippen LogP contribution is 2.39. The molecule has 3 aromatic rings. The Bertz CT molecular complexity index is 848. The van der Waals surface area contributed by atoms with E-state index in [9.17, 15) is 4.39 Å². The summed E-state index contributed by atoms with van der Waals surface area (Å²) in [6.45, 7) is 2.72. The third kappa shape index (κ3) is 3.48. The lowest BCUT2D eigenvalue weighted by Gasteiger charge is -2.17. The van der Waals surface area contributed by atoms with Gasteiger partial charge in [0.2, 0.25) is 0 Å². The van der Waals surface area contributed by atoms with Crippen LogP contribution < -0.4 is 4.74 Å². The summed E-state index contributed by atoms with van der Waals surface area (Å²) >= 11 is 0. The van der Waals surface area contributed by atoms with Crippen molar-refractivity contribution >= 4 is 0 Å². The Balaban J connectivity index is 1.57. The van der Waals surface area contributed by atoms with E-state index < -0.39 is 0 Å². The van der Waals surface area contributed by atoms with Gasteiger partial charge in [-0.05, 0) is 41.5 Å². The number of halogens is 1. The summed E-state index contributed by atoms with van der Waals surface area (Å²) in [4.78, 5) is 2.44. The van der Waals surface area contributed by atoms with Crippen LogP contribution in [0.5, 0.6) is 5.75 Å². The van der Waals surface area contributed by atoms with Gasteiger partial charge in [-0.1, -0.05) is 24.3 Å². The van der Waals surface area contributed by atoms with Crippen molar-refractivity contribution < 1.29 is 9.13 Å². The lowest BCUT2D eigenvalue weighted by molar-refractivity contribution is 0.322. The average molecular weight is 351 g/mol. The Morgan fingerprint density at radius 1 is 1.12 bits per heavy atom. The van der Waals surface area contributed by atoms with E-state index in [4.69, 9.17) is 4.74 Å². The maximum Gasteiger partial charge on any atom is 0.123 e. The molecule has 134 valence electrons. The smallest absolute Gasteiger partial charge is 0.123 e. The lowest BCUT2D eigenvalue weighted by Crippen LogP contribution is -2.20. The van der Waals surface area contributed by atoms with Crippen molar-refractivity contribution in [1.29, 1.82) is 0 Å². The third-order valence-corrected chi connectivity index (χ3v) is 5.16. The van der Waals surface area contributed by atoms with E-state index in [-0.39, 0.29) is 5.82 Å². The van der Waals surface area contributed by atoms with Crippen molar-refractivity contribution in [1.82, 2.24) is 15.1 Å². The van der Waals surface area contributed by atoms with Crippen LogP contribution in [0.3, 0.4) is 0 Å². The van der Waals surface area contributed by atoms with E-state index >= 15 is 0 Å². The minimum absolute atomic E-state index is 0.196. The number of H-pyrrole nitrogens is 1. The number of nitrogens with one attached hydrogen (secondary N) is 1. The number of benzene rings is 2. The molecule has 0 spiro atoms. The van der Waals surface area contributed by atoms with Crippen LogP contribution in [0.4, 0.5) is 4.39 Å². The molecule has 2 aromatic carbocycles. The second-order valence-corrected chi connectivity index (χ2v) is 6.82. The molecule has 2 heterocycles. The molecule has 26 heavy (non-hydrogen) atoms. The Morgan fingerprint density at radius 2 is 1.92 bits per heavy atom. The summed E-state index contributed by atoms with van der Waals surface area (Å²) in [5.74, 6) is 1.30. The average Bonchev–Trinajstić information content (AvgIpc) is 3.32. The van der Waals surface area contributed by atoms with Crippen LogP contribution in [-0.4, -0.2) is 35.3 Å². The lowest BCUT2D eigenvalue weighted by atomic mass is 9.87. The number of rotatable bonds is 5. The van der Waals surface area contributed by atoms with Gasteiger partial charge in [0.15, 0.2) is 0 Å². The van der Waals surface area contributed by atoms with Gasteiger partial charge < -0.3 is 4.74 Å². The standard InChI is InChI=1S/C21H22FN3O/c1-26-18-4-2-3-15(11-18)12-25-13-19(16-5-7-17(22)8-6-16)20(14-25)21-9-10-23-24-21/h2-11,19-20H,12-14H2,1H3,(H,23,24)/t19-,20+/m0/s1. The second-order valence-electron chi connectivity index (χ2n) is 6.82. The van der Waals surface area contributed by atoms with E-state index in [1.165, 1.54) is 11.1 Å². The van der Waals surface area contributed by atoms with Crippen molar-refractivity contribution in [3.05, 3.63) is 83.4 Å². The van der Waals surface area contributed by atoms with Gasteiger partial charge in [0, 0.05) is 43.4 Å². The van der Waals surface area contributed by atoms with E-state index in [2.05, 4.69) is 27.2 Å². The fourth-order valence-electron chi connectivity index (χ4n) is 3.88. The van der Waals surface area contributed by atoms with Crippen LogP contribution in [0.15, 0.2) is 60.8 Å². The number of ether oxygens (including phenoxy) is 1. The van der Waals surface area contributed by atoms with Crippen LogP contribution >= 0.6 is 0 Å². The number of methoxy groups -OCH3 is 1. The molecule has 1 aliphatic rings. The molecule has 0 bridgehead atoms. The highest BCUT2D eigenvalue weighted by atomic mass is 19.1. The van der Waals surface area contributed by atoms with Gasteiger partial charge in [0.25, 0.3) is 0 Å². The van der Waals surface area contributed by atoms with Crippen LogP contribution in [0.1, 0.15) is 28.7 Å². The highest BCUT2D eigenvalue weighted by Gasteiger charge is 2.35. The first-order valence-electron chi connectivity index (χ1n) is 8.83. The van der Waals surface area contributed by atoms with Crippen molar-refractivity contribution in [3.63, 3.8) is 0 Å². The van der Waals surface area contributed by atoms with Crippen molar-refractivity contribution in [2.24, 2.45) is 0 Å². The van der Waals surface area contributed by atoms with Crippen LogP contribution in [0.25, 0.3) is 0 Å². The number of nitrogens with zero attached hydrogens (tertiary/aromatic N) is 2. The minimum Gasteiger partial charge on any atom is -0.497 e. The topological polar surface area (TPSA) is 41.1 Å². The summed E-state index contributed by atoms with van der Waals surface area (Å²) in [6, 6.07) is 17.1. The molecule has 0 saturated carbocycles. The molecule has 5 heteroatoms. The van der Waals surface area contributed by atoms with E-state index in [0.29, 0.717) is 11.8 Å². The van der Waals surface area contributed by atoms with E-state index in [1.54, 1.807) is 25.4 Å². The molecule has 1 N–H and O–H groups in total. The quantitative estimate of drug-likeness (QED) is 0.757. The molecule has 1 fully saturated rings. The maximum atomic E-state index is 13.3. The molecule has 1 saturated heterocycles. The fraction of sp³-hybridized carbons (Fsp3) is 0.286. The summed E-state index contributed by atoms with van der Waals surface area (Å²) in [5.41, 5.74) is 3.53. The molecular formula is C21H22FN3O. The van der Waals surface area contributed by atoms with E-state index in [1.807, 2.05) is 30.3 Å².